The van der Waals surface area contributed by atoms with Gasteiger partial charge in [0.15, 0.2) is 0 Å². The molecule has 24 heavy (non-hydrogen) atoms. The summed E-state index contributed by atoms with van der Waals surface area (Å²) in [7, 11) is 0. The van der Waals surface area contributed by atoms with E-state index in [1.165, 1.54) is 16.3 Å². The van der Waals surface area contributed by atoms with Crippen LogP contribution in [0.25, 0.3) is 10.8 Å². The Labute approximate surface area is 141 Å². The molecule has 1 aliphatic heterocycles. The summed E-state index contributed by atoms with van der Waals surface area (Å²) in [6.45, 7) is 5.03. The van der Waals surface area contributed by atoms with Gasteiger partial charge in [-0.25, -0.2) is 4.98 Å². The van der Waals surface area contributed by atoms with Gasteiger partial charge in [0.1, 0.15) is 5.82 Å². The number of benzene rings is 1. The molecule has 0 radical (unpaired) electrons. The van der Waals surface area contributed by atoms with Crippen LogP contribution in [-0.2, 0) is 6.54 Å². The average Bonchev–Trinajstić information content (AvgIpc) is 2.63. The lowest BCUT2D eigenvalue weighted by atomic mass is 10.1. The average molecular weight is 319 g/mol. The topological polar surface area (TPSA) is 58.3 Å². The van der Waals surface area contributed by atoms with Crippen LogP contribution in [0.5, 0.6) is 0 Å². The molecule has 0 spiro atoms. The molecule has 5 nitrogen and oxygen atoms in total. The van der Waals surface area contributed by atoms with Crippen LogP contribution in [0.2, 0.25) is 0 Å². The van der Waals surface area contributed by atoms with Gasteiger partial charge in [-0.2, -0.15) is 0 Å². The Bertz CT molecular complexity index is 817. The number of anilines is 2. The Morgan fingerprint density at radius 3 is 2.62 bits per heavy atom. The lowest BCUT2D eigenvalue weighted by Crippen LogP contribution is -2.46. The molecule has 2 N–H and O–H groups in total. The Hall–Kier alpha value is -2.66. The normalized spacial score (nSPS) is 15.8. The van der Waals surface area contributed by atoms with Gasteiger partial charge in [-0.05, 0) is 29.1 Å². The fourth-order valence-corrected chi connectivity index (χ4v) is 3.29. The first kappa shape index (κ1) is 14.9. The first-order chi connectivity index (χ1) is 11.8. The fourth-order valence-electron chi connectivity index (χ4n) is 3.29. The summed E-state index contributed by atoms with van der Waals surface area (Å²) in [5, 5.41) is 2.51. The molecular formula is C19H21N5. The van der Waals surface area contributed by atoms with Crippen molar-refractivity contribution >= 4 is 22.3 Å². The lowest BCUT2D eigenvalue weighted by molar-refractivity contribution is 0.250. The van der Waals surface area contributed by atoms with Crippen LogP contribution in [0.15, 0.2) is 55.0 Å². The van der Waals surface area contributed by atoms with Crippen molar-refractivity contribution in [1.29, 1.82) is 0 Å². The molecule has 0 saturated carbocycles. The van der Waals surface area contributed by atoms with Gasteiger partial charge in [-0.1, -0.05) is 18.2 Å². The van der Waals surface area contributed by atoms with Gasteiger partial charge in [0.25, 0.3) is 0 Å². The molecule has 3 heterocycles. The minimum Gasteiger partial charge on any atom is -0.397 e. The van der Waals surface area contributed by atoms with Gasteiger partial charge in [0.2, 0.25) is 0 Å². The smallest absolute Gasteiger partial charge is 0.128 e. The van der Waals surface area contributed by atoms with Crippen LogP contribution < -0.4 is 10.6 Å². The number of hydrogen-bond donors (Lipinski definition) is 1. The molecule has 1 aliphatic rings. The molecule has 122 valence electrons. The second-order valence-corrected chi connectivity index (χ2v) is 6.23. The highest BCUT2D eigenvalue weighted by atomic mass is 15.3. The second-order valence-electron chi connectivity index (χ2n) is 6.23. The third-order valence-electron chi connectivity index (χ3n) is 4.63. The van der Waals surface area contributed by atoms with E-state index in [-0.39, 0.29) is 0 Å². The van der Waals surface area contributed by atoms with Gasteiger partial charge >= 0.3 is 0 Å². The molecule has 0 unspecified atom stereocenters. The van der Waals surface area contributed by atoms with Gasteiger partial charge in [-0.15, -0.1) is 0 Å². The van der Waals surface area contributed by atoms with Crippen LogP contribution in [-0.4, -0.2) is 41.0 Å². The number of aromatic nitrogens is 2. The molecule has 0 bridgehead atoms. The van der Waals surface area contributed by atoms with E-state index in [2.05, 4.69) is 44.0 Å². The number of piperazine rings is 1. The standard InChI is InChI=1S/C19H21N5/c20-17-4-5-19(22-13-17)24-10-8-23(9-11-24)14-16-3-1-2-15-12-21-7-6-18(15)16/h1-7,12-13H,8-11,14,20H2. The summed E-state index contributed by atoms with van der Waals surface area (Å²) in [6, 6.07) is 12.5. The number of nitrogen functional groups attached to an aromatic ring is 1. The number of hydrogen-bond acceptors (Lipinski definition) is 5. The molecule has 4 rings (SSSR count). The molecule has 1 fully saturated rings. The molecule has 1 saturated heterocycles. The van der Waals surface area contributed by atoms with Crippen LogP contribution >= 0.6 is 0 Å². The van der Waals surface area contributed by atoms with Crippen molar-refractivity contribution in [2.45, 2.75) is 6.54 Å². The van der Waals surface area contributed by atoms with E-state index in [0.717, 1.165) is 38.5 Å². The summed E-state index contributed by atoms with van der Waals surface area (Å²) < 4.78 is 0. The molecule has 0 aliphatic carbocycles. The highest BCUT2D eigenvalue weighted by Gasteiger charge is 2.18. The van der Waals surface area contributed by atoms with Crippen LogP contribution in [0.1, 0.15) is 5.56 Å². The number of pyridine rings is 2. The van der Waals surface area contributed by atoms with Crippen LogP contribution in [0.3, 0.4) is 0 Å². The zero-order valence-electron chi connectivity index (χ0n) is 13.6. The van der Waals surface area contributed by atoms with E-state index in [1.54, 1.807) is 6.20 Å². The molecule has 1 aromatic carbocycles. The Morgan fingerprint density at radius 2 is 1.83 bits per heavy atom. The summed E-state index contributed by atoms with van der Waals surface area (Å²) in [5.41, 5.74) is 7.80. The van der Waals surface area contributed by atoms with E-state index < -0.39 is 0 Å². The van der Waals surface area contributed by atoms with Crippen molar-refractivity contribution in [3.05, 3.63) is 60.6 Å². The van der Waals surface area contributed by atoms with E-state index in [4.69, 9.17) is 5.73 Å². The van der Waals surface area contributed by atoms with Crippen molar-refractivity contribution < 1.29 is 0 Å². The number of rotatable bonds is 3. The summed E-state index contributed by atoms with van der Waals surface area (Å²) >= 11 is 0. The number of fused-ring (bicyclic) bond motifs is 1. The minimum absolute atomic E-state index is 0.711. The van der Waals surface area contributed by atoms with Crippen molar-refractivity contribution in [2.24, 2.45) is 0 Å². The van der Waals surface area contributed by atoms with Crippen LogP contribution in [0.4, 0.5) is 11.5 Å². The Balaban J connectivity index is 1.43. The molecule has 0 atom stereocenters. The van der Waals surface area contributed by atoms with Gasteiger partial charge < -0.3 is 10.6 Å². The molecule has 5 heteroatoms. The van der Waals surface area contributed by atoms with E-state index in [9.17, 15) is 0 Å². The number of nitrogens with two attached hydrogens (primary N) is 1. The predicted octanol–water partition coefficient (Wildman–Crippen LogP) is 2.53. The summed E-state index contributed by atoms with van der Waals surface area (Å²) in [5.74, 6) is 1.01. The fraction of sp³-hybridized carbons (Fsp3) is 0.263. The van der Waals surface area contributed by atoms with Crippen molar-refractivity contribution in [3.63, 3.8) is 0 Å². The van der Waals surface area contributed by atoms with E-state index >= 15 is 0 Å². The van der Waals surface area contributed by atoms with Gasteiger partial charge in [0.05, 0.1) is 11.9 Å². The second kappa shape index (κ2) is 6.45. The maximum atomic E-state index is 5.72. The van der Waals surface area contributed by atoms with Crippen molar-refractivity contribution in [3.8, 4) is 0 Å². The largest absolute Gasteiger partial charge is 0.397 e. The highest BCUT2D eigenvalue weighted by Crippen LogP contribution is 2.21. The lowest BCUT2D eigenvalue weighted by Gasteiger charge is -2.35. The third kappa shape index (κ3) is 3.03. The third-order valence-corrected chi connectivity index (χ3v) is 4.63. The quantitative estimate of drug-likeness (QED) is 0.804. The Morgan fingerprint density at radius 1 is 0.958 bits per heavy atom. The first-order valence-electron chi connectivity index (χ1n) is 8.30. The van der Waals surface area contributed by atoms with Crippen molar-refractivity contribution in [1.82, 2.24) is 14.9 Å². The first-order valence-corrected chi connectivity index (χ1v) is 8.30. The number of nitrogens with zero attached hydrogens (tertiary/aromatic N) is 4. The van der Waals surface area contributed by atoms with Crippen LogP contribution in [0, 0.1) is 0 Å². The molecule has 3 aromatic rings. The van der Waals surface area contributed by atoms with Gasteiger partial charge in [-0.3, -0.25) is 9.88 Å². The SMILES string of the molecule is Nc1ccc(N2CCN(Cc3cccc4cnccc34)CC2)nc1. The molecule has 2 aromatic heterocycles. The zero-order chi connectivity index (χ0) is 16.4. The Kier molecular flexibility index (Phi) is 4.01. The maximum Gasteiger partial charge on any atom is 0.128 e. The summed E-state index contributed by atoms with van der Waals surface area (Å²) in [4.78, 5) is 13.5. The van der Waals surface area contributed by atoms with E-state index in [1.807, 2.05) is 24.5 Å². The predicted molar refractivity (Wildman–Crippen MR) is 97.9 cm³/mol. The zero-order valence-corrected chi connectivity index (χ0v) is 13.6. The highest BCUT2D eigenvalue weighted by molar-refractivity contribution is 5.84. The molecular weight excluding hydrogens is 298 g/mol. The van der Waals surface area contributed by atoms with E-state index in [0.29, 0.717) is 5.69 Å². The molecule has 0 amide bonds. The maximum absolute atomic E-state index is 5.72. The monoisotopic (exact) mass is 319 g/mol. The van der Waals surface area contributed by atoms with Gasteiger partial charge in [0, 0.05) is 50.5 Å². The summed E-state index contributed by atoms with van der Waals surface area (Å²) in [6.07, 6.45) is 5.53. The minimum atomic E-state index is 0.711. The van der Waals surface area contributed by atoms with Crippen molar-refractivity contribution in [2.75, 3.05) is 36.8 Å².